The molecular weight excluding hydrogens is 252 g/mol. The molecule has 0 aliphatic carbocycles. The van der Waals surface area contributed by atoms with E-state index in [1.54, 1.807) is 0 Å². The highest BCUT2D eigenvalue weighted by molar-refractivity contribution is 7.99. The molecule has 19 heavy (non-hydrogen) atoms. The lowest BCUT2D eigenvalue weighted by Crippen LogP contribution is -2.34. The van der Waals surface area contributed by atoms with Crippen molar-refractivity contribution in [2.75, 3.05) is 29.5 Å². The van der Waals surface area contributed by atoms with Crippen LogP contribution in [-0.2, 0) is 0 Å². The van der Waals surface area contributed by atoms with Gasteiger partial charge in [-0.1, -0.05) is 33.1 Å². The van der Waals surface area contributed by atoms with Gasteiger partial charge in [-0.2, -0.15) is 0 Å². The smallest absolute Gasteiger partial charge is 0.0525 e. The average molecular weight is 278 g/mol. The van der Waals surface area contributed by atoms with Crippen LogP contribution in [0, 0.1) is 5.92 Å². The molecule has 1 atom stereocenters. The van der Waals surface area contributed by atoms with Gasteiger partial charge in [0.25, 0.3) is 0 Å². The van der Waals surface area contributed by atoms with E-state index >= 15 is 0 Å². The Morgan fingerprint density at radius 1 is 1.37 bits per heavy atom. The summed E-state index contributed by atoms with van der Waals surface area (Å²) in [6.07, 6.45) is 5.29. The van der Waals surface area contributed by atoms with Crippen LogP contribution in [0.25, 0.3) is 0 Å². The van der Waals surface area contributed by atoms with Crippen LogP contribution in [0.2, 0.25) is 0 Å². The summed E-state index contributed by atoms with van der Waals surface area (Å²) in [7, 11) is 0. The molecule has 0 radical (unpaired) electrons. The van der Waals surface area contributed by atoms with E-state index in [0.717, 1.165) is 18.2 Å². The molecule has 2 rings (SSSR count). The molecule has 1 aromatic carbocycles. The predicted octanol–water partition coefficient (Wildman–Crippen LogP) is 4.40. The first-order chi connectivity index (χ1) is 9.24. The fourth-order valence-corrected chi connectivity index (χ4v) is 3.74. The first-order valence-corrected chi connectivity index (χ1v) is 8.50. The van der Waals surface area contributed by atoms with Crippen molar-refractivity contribution in [2.45, 2.75) is 44.4 Å². The molecule has 0 bridgehead atoms. The SMILES string of the molecule is CCCCC(CC)CN1CCSc2ccc(N)cc21. The second-order valence-electron chi connectivity index (χ2n) is 5.44. The monoisotopic (exact) mass is 278 g/mol. The van der Waals surface area contributed by atoms with Gasteiger partial charge in [0.15, 0.2) is 0 Å². The lowest BCUT2D eigenvalue weighted by Gasteiger charge is -2.34. The molecule has 0 fully saturated rings. The molecule has 1 heterocycles. The molecule has 0 saturated carbocycles. The Morgan fingerprint density at radius 2 is 2.21 bits per heavy atom. The summed E-state index contributed by atoms with van der Waals surface area (Å²) < 4.78 is 0. The largest absolute Gasteiger partial charge is 0.399 e. The van der Waals surface area contributed by atoms with E-state index in [4.69, 9.17) is 5.73 Å². The summed E-state index contributed by atoms with van der Waals surface area (Å²) >= 11 is 1.96. The van der Waals surface area contributed by atoms with Crippen molar-refractivity contribution in [1.29, 1.82) is 0 Å². The zero-order valence-corrected chi connectivity index (χ0v) is 13.0. The molecule has 1 aliphatic rings. The minimum atomic E-state index is 0.817. The van der Waals surface area contributed by atoms with Crippen molar-refractivity contribution in [3.63, 3.8) is 0 Å². The van der Waals surface area contributed by atoms with Crippen LogP contribution < -0.4 is 10.6 Å². The molecular formula is C16H26N2S. The molecule has 0 saturated heterocycles. The van der Waals surface area contributed by atoms with Gasteiger partial charge in [-0.15, -0.1) is 11.8 Å². The summed E-state index contributed by atoms with van der Waals surface area (Å²) in [5.74, 6) is 2.01. The number of unbranched alkanes of at least 4 members (excludes halogenated alkanes) is 1. The first-order valence-electron chi connectivity index (χ1n) is 7.51. The van der Waals surface area contributed by atoms with Gasteiger partial charge < -0.3 is 10.6 Å². The molecule has 0 amide bonds. The second-order valence-corrected chi connectivity index (χ2v) is 6.57. The summed E-state index contributed by atoms with van der Waals surface area (Å²) in [6, 6.07) is 6.34. The molecule has 106 valence electrons. The van der Waals surface area contributed by atoms with Crippen LogP contribution >= 0.6 is 11.8 Å². The zero-order valence-electron chi connectivity index (χ0n) is 12.2. The summed E-state index contributed by atoms with van der Waals surface area (Å²) in [6.45, 7) is 6.94. The van der Waals surface area contributed by atoms with Gasteiger partial charge in [0.1, 0.15) is 0 Å². The van der Waals surface area contributed by atoms with E-state index in [1.165, 1.54) is 48.6 Å². The van der Waals surface area contributed by atoms with E-state index in [9.17, 15) is 0 Å². The maximum atomic E-state index is 5.95. The average Bonchev–Trinajstić information content (AvgIpc) is 2.43. The fourth-order valence-electron chi connectivity index (χ4n) is 2.71. The van der Waals surface area contributed by atoms with Crippen LogP contribution in [0.3, 0.4) is 0 Å². The number of anilines is 2. The third-order valence-corrected chi connectivity index (χ3v) is 5.01. The van der Waals surface area contributed by atoms with Crippen LogP contribution in [-0.4, -0.2) is 18.8 Å². The number of fused-ring (bicyclic) bond motifs is 1. The van der Waals surface area contributed by atoms with E-state index in [2.05, 4.69) is 30.9 Å². The lowest BCUT2D eigenvalue weighted by atomic mass is 9.98. The third kappa shape index (κ3) is 3.82. The maximum Gasteiger partial charge on any atom is 0.0525 e. The van der Waals surface area contributed by atoms with Crippen LogP contribution in [0.1, 0.15) is 39.5 Å². The minimum absolute atomic E-state index is 0.817. The fraction of sp³-hybridized carbons (Fsp3) is 0.625. The zero-order chi connectivity index (χ0) is 13.7. The third-order valence-electron chi connectivity index (χ3n) is 3.96. The van der Waals surface area contributed by atoms with E-state index < -0.39 is 0 Å². The number of nitrogen functional groups attached to an aromatic ring is 1. The summed E-state index contributed by atoms with van der Waals surface area (Å²) in [5.41, 5.74) is 8.19. The molecule has 2 nitrogen and oxygen atoms in total. The summed E-state index contributed by atoms with van der Waals surface area (Å²) in [4.78, 5) is 3.94. The molecule has 1 unspecified atom stereocenters. The molecule has 3 heteroatoms. The van der Waals surface area contributed by atoms with Crippen molar-refractivity contribution < 1.29 is 0 Å². The Hall–Kier alpha value is -0.830. The van der Waals surface area contributed by atoms with Crippen molar-refractivity contribution in [3.8, 4) is 0 Å². The van der Waals surface area contributed by atoms with Gasteiger partial charge in [-0.3, -0.25) is 0 Å². The van der Waals surface area contributed by atoms with Crippen molar-refractivity contribution in [1.82, 2.24) is 0 Å². The predicted molar refractivity (Wildman–Crippen MR) is 87.1 cm³/mol. The second kappa shape index (κ2) is 7.09. The maximum absolute atomic E-state index is 5.95. The Kier molecular flexibility index (Phi) is 5.44. The number of thioether (sulfide) groups is 1. The van der Waals surface area contributed by atoms with Crippen molar-refractivity contribution in [3.05, 3.63) is 18.2 Å². The summed E-state index contributed by atoms with van der Waals surface area (Å²) in [5, 5.41) is 0. The van der Waals surface area contributed by atoms with E-state index in [-0.39, 0.29) is 0 Å². The van der Waals surface area contributed by atoms with Gasteiger partial charge in [0.05, 0.1) is 5.69 Å². The van der Waals surface area contributed by atoms with Crippen molar-refractivity contribution >= 4 is 23.1 Å². The van der Waals surface area contributed by atoms with Crippen LogP contribution in [0.5, 0.6) is 0 Å². The number of nitrogens with two attached hydrogens (primary N) is 1. The number of hydrogen-bond donors (Lipinski definition) is 1. The normalized spacial score (nSPS) is 16.2. The molecule has 2 N–H and O–H groups in total. The number of hydrogen-bond acceptors (Lipinski definition) is 3. The van der Waals surface area contributed by atoms with Crippen molar-refractivity contribution in [2.24, 2.45) is 5.92 Å². The van der Waals surface area contributed by atoms with Gasteiger partial charge in [-0.05, 0) is 30.5 Å². The van der Waals surface area contributed by atoms with Crippen LogP contribution in [0.15, 0.2) is 23.1 Å². The lowest BCUT2D eigenvalue weighted by molar-refractivity contribution is 0.447. The number of rotatable bonds is 6. The van der Waals surface area contributed by atoms with E-state index in [0.29, 0.717) is 0 Å². The molecule has 0 spiro atoms. The van der Waals surface area contributed by atoms with Gasteiger partial charge in [-0.25, -0.2) is 0 Å². The standard InChI is InChI=1S/C16H26N2S/c1-3-5-6-13(4-2)12-18-9-10-19-16-8-7-14(17)11-15(16)18/h7-8,11,13H,3-6,9-10,12,17H2,1-2H3. The quantitative estimate of drug-likeness (QED) is 0.782. The Labute approximate surface area is 121 Å². The highest BCUT2D eigenvalue weighted by Gasteiger charge is 2.20. The van der Waals surface area contributed by atoms with E-state index in [1.807, 2.05) is 17.8 Å². The van der Waals surface area contributed by atoms with Gasteiger partial charge >= 0.3 is 0 Å². The Bertz CT molecular complexity index is 406. The molecule has 1 aromatic rings. The van der Waals surface area contributed by atoms with Gasteiger partial charge in [0, 0.05) is 29.4 Å². The highest BCUT2D eigenvalue weighted by atomic mass is 32.2. The Balaban J connectivity index is 2.07. The molecule has 1 aliphatic heterocycles. The first kappa shape index (κ1) is 14.6. The minimum Gasteiger partial charge on any atom is -0.399 e. The van der Waals surface area contributed by atoms with Gasteiger partial charge in [0.2, 0.25) is 0 Å². The number of nitrogens with zero attached hydrogens (tertiary/aromatic N) is 1. The van der Waals surface area contributed by atoms with Crippen LogP contribution in [0.4, 0.5) is 11.4 Å². The topological polar surface area (TPSA) is 29.3 Å². The highest BCUT2D eigenvalue weighted by Crippen LogP contribution is 2.36. The number of benzene rings is 1. The molecule has 0 aromatic heterocycles. The Morgan fingerprint density at radius 3 is 2.95 bits per heavy atom.